The first kappa shape index (κ1) is 12.0. The van der Waals surface area contributed by atoms with E-state index in [2.05, 4.69) is 37.4 Å². The summed E-state index contributed by atoms with van der Waals surface area (Å²) < 4.78 is 3.16. The van der Waals surface area contributed by atoms with Crippen molar-refractivity contribution >= 4 is 15.9 Å². The zero-order chi connectivity index (χ0) is 12.5. The molecule has 0 bridgehead atoms. The molecule has 0 atom stereocenters. The molecule has 0 aliphatic carbocycles. The highest BCUT2D eigenvalue weighted by atomic mass is 79.9. The van der Waals surface area contributed by atoms with E-state index in [0.29, 0.717) is 5.92 Å². The van der Waals surface area contributed by atoms with Crippen LogP contribution in [0.15, 0.2) is 22.8 Å². The molecule has 2 aromatic rings. The van der Waals surface area contributed by atoms with Crippen LogP contribution in [0.2, 0.25) is 0 Å². The zero-order valence-corrected chi connectivity index (χ0v) is 12.0. The predicted octanol–water partition coefficient (Wildman–Crippen LogP) is 2.64. The van der Waals surface area contributed by atoms with E-state index in [1.807, 2.05) is 24.0 Å². The normalized spacial score (nSPS) is 17.2. The molecule has 0 unspecified atom stereocenters. The summed E-state index contributed by atoms with van der Waals surface area (Å²) in [6, 6.07) is 4.06. The summed E-state index contributed by atoms with van der Waals surface area (Å²) in [5, 5.41) is 8.05. The fourth-order valence-corrected chi connectivity index (χ4v) is 3.57. The zero-order valence-electron chi connectivity index (χ0n) is 10.4. The molecule has 1 saturated heterocycles. The van der Waals surface area contributed by atoms with Gasteiger partial charge in [-0.25, -0.2) is 0 Å². The van der Waals surface area contributed by atoms with E-state index >= 15 is 0 Å². The first-order valence-corrected chi connectivity index (χ1v) is 7.13. The van der Waals surface area contributed by atoms with Crippen molar-refractivity contribution in [3.63, 3.8) is 0 Å². The van der Waals surface area contributed by atoms with Crippen molar-refractivity contribution in [1.29, 1.82) is 0 Å². The molecule has 2 aromatic heterocycles. The van der Waals surface area contributed by atoms with Gasteiger partial charge in [0, 0.05) is 19.2 Å². The van der Waals surface area contributed by atoms with E-state index in [1.54, 1.807) is 0 Å². The van der Waals surface area contributed by atoms with Crippen molar-refractivity contribution in [3.8, 4) is 11.4 Å². The topological polar surface area (TPSA) is 45.6 Å². The summed E-state index contributed by atoms with van der Waals surface area (Å²) in [5.74, 6) is 0.599. The van der Waals surface area contributed by atoms with Crippen molar-refractivity contribution < 1.29 is 0 Å². The molecule has 0 amide bonds. The quantitative estimate of drug-likeness (QED) is 0.896. The molecule has 1 aliphatic rings. The lowest BCUT2D eigenvalue weighted by Crippen LogP contribution is -2.27. The molecule has 0 radical (unpaired) electrons. The lowest BCUT2D eigenvalue weighted by atomic mass is 9.94. The fraction of sp³-hybridized carbons (Fsp3) is 0.462. The maximum atomic E-state index is 4.65. The van der Waals surface area contributed by atoms with Gasteiger partial charge in [-0.1, -0.05) is 0 Å². The first-order chi connectivity index (χ1) is 8.77. The van der Waals surface area contributed by atoms with Gasteiger partial charge in [0.25, 0.3) is 0 Å². The van der Waals surface area contributed by atoms with Crippen LogP contribution in [0.5, 0.6) is 0 Å². The van der Waals surface area contributed by atoms with E-state index in [0.717, 1.165) is 29.0 Å². The fourth-order valence-electron chi connectivity index (χ4n) is 2.70. The van der Waals surface area contributed by atoms with Crippen LogP contribution >= 0.6 is 15.9 Å². The van der Waals surface area contributed by atoms with Gasteiger partial charge < -0.3 is 10.3 Å². The molecule has 2 N–H and O–H groups in total. The number of hydrogen-bond donors (Lipinski definition) is 2. The van der Waals surface area contributed by atoms with Crippen LogP contribution in [0, 0.1) is 0 Å². The molecule has 18 heavy (non-hydrogen) atoms. The number of halogens is 1. The summed E-state index contributed by atoms with van der Waals surface area (Å²) in [5.41, 5.74) is 3.40. The van der Waals surface area contributed by atoms with Gasteiger partial charge in [-0.2, -0.15) is 5.10 Å². The Morgan fingerprint density at radius 1 is 1.39 bits per heavy atom. The minimum Gasteiger partial charge on any atom is -0.360 e. The number of piperidine rings is 1. The highest BCUT2D eigenvalue weighted by Gasteiger charge is 2.24. The molecular weight excluding hydrogens is 292 g/mol. The Balaban J connectivity index is 2.00. The number of aromatic amines is 1. The predicted molar refractivity (Wildman–Crippen MR) is 75.5 cm³/mol. The molecule has 4 nitrogen and oxygen atoms in total. The number of hydrogen-bond acceptors (Lipinski definition) is 2. The van der Waals surface area contributed by atoms with E-state index in [4.69, 9.17) is 0 Å². The molecule has 0 aromatic carbocycles. The third kappa shape index (κ3) is 2.01. The van der Waals surface area contributed by atoms with Gasteiger partial charge in [-0.15, -0.1) is 0 Å². The van der Waals surface area contributed by atoms with Gasteiger partial charge in [0.2, 0.25) is 0 Å². The average Bonchev–Trinajstić information content (AvgIpc) is 2.99. The second-order valence-corrected chi connectivity index (χ2v) is 5.57. The smallest absolute Gasteiger partial charge is 0.123 e. The molecule has 96 valence electrons. The van der Waals surface area contributed by atoms with Crippen molar-refractivity contribution in [2.24, 2.45) is 7.05 Å². The Morgan fingerprint density at radius 3 is 2.83 bits per heavy atom. The van der Waals surface area contributed by atoms with Crippen LogP contribution in [-0.4, -0.2) is 27.9 Å². The minimum atomic E-state index is 0.599. The van der Waals surface area contributed by atoms with Gasteiger partial charge in [0.15, 0.2) is 0 Å². The SMILES string of the molecule is Cn1nc(-c2ccc[nH]2)c(Br)c1C1CCNCC1. The van der Waals surface area contributed by atoms with Crippen molar-refractivity contribution in [2.75, 3.05) is 13.1 Å². The number of nitrogens with zero attached hydrogens (tertiary/aromatic N) is 2. The van der Waals surface area contributed by atoms with Gasteiger partial charge >= 0.3 is 0 Å². The summed E-state index contributed by atoms with van der Waals surface area (Å²) in [7, 11) is 2.04. The molecule has 1 fully saturated rings. The Kier molecular flexibility index (Phi) is 3.26. The van der Waals surface area contributed by atoms with Crippen LogP contribution in [0.3, 0.4) is 0 Å². The molecule has 3 rings (SSSR count). The summed E-state index contributed by atoms with van der Waals surface area (Å²) in [6.07, 6.45) is 4.30. The molecule has 5 heteroatoms. The number of H-pyrrole nitrogens is 1. The van der Waals surface area contributed by atoms with Crippen LogP contribution < -0.4 is 5.32 Å². The lowest BCUT2D eigenvalue weighted by molar-refractivity contribution is 0.439. The molecule has 0 spiro atoms. The maximum Gasteiger partial charge on any atom is 0.123 e. The second-order valence-electron chi connectivity index (χ2n) is 4.78. The number of rotatable bonds is 2. The first-order valence-electron chi connectivity index (χ1n) is 6.34. The highest BCUT2D eigenvalue weighted by molar-refractivity contribution is 9.10. The Morgan fingerprint density at radius 2 is 2.17 bits per heavy atom. The maximum absolute atomic E-state index is 4.65. The Bertz CT molecular complexity index is 523. The van der Waals surface area contributed by atoms with Gasteiger partial charge in [-0.3, -0.25) is 4.68 Å². The third-order valence-electron chi connectivity index (χ3n) is 3.61. The largest absolute Gasteiger partial charge is 0.360 e. The van der Waals surface area contributed by atoms with Crippen LogP contribution in [0.4, 0.5) is 0 Å². The summed E-state index contributed by atoms with van der Waals surface area (Å²) in [4.78, 5) is 3.22. The molecule has 0 saturated carbocycles. The number of aromatic nitrogens is 3. The Hall–Kier alpha value is -1.07. The average molecular weight is 309 g/mol. The van der Waals surface area contributed by atoms with E-state index in [-0.39, 0.29) is 0 Å². The van der Waals surface area contributed by atoms with Crippen LogP contribution in [-0.2, 0) is 7.05 Å². The van der Waals surface area contributed by atoms with Crippen molar-refractivity contribution in [1.82, 2.24) is 20.1 Å². The van der Waals surface area contributed by atoms with Crippen LogP contribution in [0.25, 0.3) is 11.4 Å². The van der Waals surface area contributed by atoms with Gasteiger partial charge in [-0.05, 0) is 54.0 Å². The number of nitrogens with one attached hydrogen (secondary N) is 2. The lowest BCUT2D eigenvalue weighted by Gasteiger charge is -2.23. The van der Waals surface area contributed by atoms with E-state index < -0.39 is 0 Å². The van der Waals surface area contributed by atoms with Gasteiger partial charge in [0.1, 0.15) is 5.69 Å². The monoisotopic (exact) mass is 308 g/mol. The van der Waals surface area contributed by atoms with Gasteiger partial charge in [0.05, 0.1) is 15.9 Å². The summed E-state index contributed by atoms with van der Waals surface area (Å²) >= 11 is 3.74. The molecule has 1 aliphatic heterocycles. The second kappa shape index (κ2) is 4.90. The summed E-state index contributed by atoms with van der Waals surface area (Å²) in [6.45, 7) is 2.19. The molecular formula is C13H17BrN4. The Labute approximate surface area is 115 Å². The standard InChI is InChI=1S/C13H17BrN4/c1-18-13(9-4-7-15-8-5-9)11(14)12(17-18)10-3-2-6-16-10/h2-3,6,9,15-16H,4-5,7-8H2,1H3. The minimum absolute atomic E-state index is 0.599. The van der Waals surface area contributed by atoms with Crippen molar-refractivity contribution in [2.45, 2.75) is 18.8 Å². The van der Waals surface area contributed by atoms with E-state index in [1.165, 1.54) is 18.5 Å². The van der Waals surface area contributed by atoms with E-state index in [9.17, 15) is 0 Å². The van der Waals surface area contributed by atoms with Crippen LogP contribution in [0.1, 0.15) is 24.5 Å². The third-order valence-corrected chi connectivity index (χ3v) is 4.39. The highest BCUT2D eigenvalue weighted by Crippen LogP contribution is 2.36. The van der Waals surface area contributed by atoms with Crippen molar-refractivity contribution in [3.05, 3.63) is 28.5 Å². The number of aryl methyl sites for hydroxylation is 1. The molecule has 3 heterocycles.